The van der Waals surface area contributed by atoms with E-state index in [0.717, 1.165) is 12.1 Å². The fourth-order valence-electron chi connectivity index (χ4n) is 1.62. The van der Waals surface area contributed by atoms with Gasteiger partial charge in [-0.1, -0.05) is 12.1 Å². The number of hydrogen-bond donors (Lipinski definition) is 2. The summed E-state index contributed by atoms with van der Waals surface area (Å²) in [4.78, 5) is 14.2. The first-order valence-electron chi connectivity index (χ1n) is 5.82. The van der Waals surface area contributed by atoms with Crippen molar-refractivity contribution in [2.75, 3.05) is 0 Å². The smallest absolute Gasteiger partial charge is 0.335 e. The van der Waals surface area contributed by atoms with E-state index in [1.54, 1.807) is 0 Å². The monoisotopic (exact) mass is 310 g/mol. The molecule has 0 saturated heterocycles. The quantitative estimate of drug-likeness (QED) is 0.870. The van der Waals surface area contributed by atoms with Crippen LogP contribution in [0.5, 0.6) is 0 Å². The van der Waals surface area contributed by atoms with Crippen molar-refractivity contribution in [3.8, 4) is 0 Å². The normalized spacial score (nSPS) is 11.3. The van der Waals surface area contributed by atoms with Gasteiger partial charge in [-0.25, -0.2) is 22.3 Å². The predicted octanol–water partition coefficient (Wildman–Crippen LogP) is 1.40. The molecule has 0 spiro atoms. The maximum absolute atomic E-state index is 13.5. The number of halogens is 1. The number of nitrogens with one attached hydrogen (secondary N) is 1. The molecule has 0 fully saturated rings. The van der Waals surface area contributed by atoms with E-state index in [-0.39, 0.29) is 17.8 Å². The van der Waals surface area contributed by atoms with Crippen molar-refractivity contribution in [3.05, 3.63) is 59.7 Å². The molecule has 0 atom stereocenters. The lowest BCUT2D eigenvalue weighted by Gasteiger charge is -2.07. The van der Waals surface area contributed by atoms with Crippen LogP contribution in [0.15, 0.2) is 47.5 Å². The third-order valence-electron chi connectivity index (χ3n) is 2.63. The van der Waals surface area contributed by atoms with Crippen molar-refractivity contribution in [1.82, 2.24) is 9.71 Å². The van der Waals surface area contributed by atoms with Crippen LogP contribution in [0, 0.1) is 5.82 Å². The highest BCUT2D eigenvalue weighted by Gasteiger charge is 2.18. The second kappa shape index (κ2) is 5.98. The standard InChI is InChI=1S/C13H11FN2O4S/c14-11-3-1-2-4-12(11)21(19,20)16-8-10-7-9(13(17)18)5-6-15-10/h1-7,16H,8H2,(H,17,18). The minimum absolute atomic E-state index is 0.00918. The van der Waals surface area contributed by atoms with E-state index >= 15 is 0 Å². The van der Waals surface area contributed by atoms with Gasteiger partial charge in [0, 0.05) is 6.20 Å². The van der Waals surface area contributed by atoms with Crippen LogP contribution in [-0.4, -0.2) is 24.5 Å². The van der Waals surface area contributed by atoms with E-state index in [1.807, 2.05) is 0 Å². The van der Waals surface area contributed by atoms with Gasteiger partial charge in [-0.05, 0) is 24.3 Å². The Morgan fingerprint density at radius 3 is 2.67 bits per heavy atom. The van der Waals surface area contributed by atoms with Crippen LogP contribution in [-0.2, 0) is 16.6 Å². The number of pyridine rings is 1. The lowest BCUT2D eigenvalue weighted by atomic mass is 10.2. The number of rotatable bonds is 5. The largest absolute Gasteiger partial charge is 0.478 e. The first-order valence-corrected chi connectivity index (χ1v) is 7.31. The van der Waals surface area contributed by atoms with Crippen molar-refractivity contribution < 1.29 is 22.7 Å². The van der Waals surface area contributed by atoms with Gasteiger partial charge in [-0.3, -0.25) is 4.98 Å². The third-order valence-corrected chi connectivity index (χ3v) is 4.07. The van der Waals surface area contributed by atoms with Gasteiger partial charge >= 0.3 is 5.97 Å². The van der Waals surface area contributed by atoms with Gasteiger partial charge in [-0.15, -0.1) is 0 Å². The number of benzene rings is 1. The van der Waals surface area contributed by atoms with Gasteiger partial charge in [0.2, 0.25) is 10.0 Å². The van der Waals surface area contributed by atoms with Crippen molar-refractivity contribution in [3.63, 3.8) is 0 Å². The molecule has 1 heterocycles. The maximum Gasteiger partial charge on any atom is 0.335 e. The van der Waals surface area contributed by atoms with E-state index < -0.39 is 26.7 Å². The lowest BCUT2D eigenvalue weighted by molar-refractivity contribution is 0.0696. The molecule has 0 amide bonds. The van der Waals surface area contributed by atoms with Crippen molar-refractivity contribution in [2.24, 2.45) is 0 Å². The van der Waals surface area contributed by atoms with Gasteiger partial charge in [0.1, 0.15) is 10.7 Å². The highest BCUT2D eigenvalue weighted by molar-refractivity contribution is 7.89. The van der Waals surface area contributed by atoms with E-state index in [0.29, 0.717) is 0 Å². The van der Waals surface area contributed by atoms with Crippen molar-refractivity contribution in [2.45, 2.75) is 11.4 Å². The molecule has 1 aromatic carbocycles. The number of nitrogens with zero attached hydrogens (tertiary/aromatic N) is 1. The molecule has 21 heavy (non-hydrogen) atoms. The molecule has 110 valence electrons. The topological polar surface area (TPSA) is 96.4 Å². The fourth-order valence-corrected chi connectivity index (χ4v) is 2.69. The molecule has 8 heteroatoms. The van der Waals surface area contributed by atoms with E-state index in [9.17, 15) is 17.6 Å². The van der Waals surface area contributed by atoms with Gasteiger partial charge in [0.05, 0.1) is 17.8 Å². The zero-order chi connectivity index (χ0) is 15.5. The molecule has 0 aliphatic heterocycles. The number of carbonyl (C=O) groups is 1. The third kappa shape index (κ3) is 3.61. The molecule has 2 N–H and O–H groups in total. The van der Waals surface area contributed by atoms with Crippen LogP contribution in [0.25, 0.3) is 0 Å². The Hall–Kier alpha value is -2.32. The molecule has 2 rings (SSSR count). The predicted molar refractivity (Wildman–Crippen MR) is 71.6 cm³/mol. The summed E-state index contributed by atoms with van der Waals surface area (Å²) in [7, 11) is -4.03. The van der Waals surface area contributed by atoms with Gasteiger partial charge in [0.25, 0.3) is 0 Å². The molecule has 0 saturated carbocycles. The molecular weight excluding hydrogens is 299 g/mol. The number of hydrogen-bond acceptors (Lipinski definition) is 4. The zero-order valence-corrected chi connectivity index (χ0v) is 11.5. The average Bonchev–Trinajstić information content (AvgIpc) is 2.46. The second-order valence-corrected chi connectivity index (χ2v) is 5.83. The van der Waals surface area contributed by atoms with Crippen LogP contribution in [0.1, 0.15) is 16.1 Å². The fraction of sp³-hybridized carbons (Fsp3) is 0.0769. The number of aromatic carboxylic acids is 1. The molecular formula is C13H11FN2O4S. The van der Waals surface area contributed by atoms with Crippen LogP contribution in [0.2, 0.25) is 0 Å². The highest BCUT2D eigenvalue weighted by atomic mass is 32.2. The minimum Gasteiger partial charge on any atom is -0.478 e. The van der Waals surface area contributed by atoms with Crippen molar-refractivity contribution in [1.29, 1.82) is 0 Å². The van der Waals surface area contributed by atoms with Crippen LogP contribution >= 0.6 is 0 Å². The molecule has 0 bridgehead atoms. The Bertz CT molecular complexity index is 777. The Kier molecular flexibility index (Phi) is 4.29. The summed E-state index contributed by atoms with van der Waals surface area (Å²) in [6.45, 7) is -0.238. The number of aromatic nitrogens is 1. The highest BCUT2D eigenvalue weighted by Crippen LogP contribution is 2.13. The molecule has 0 radical (unpaired) electrons. The van der Waals surface area contributed by atoms with Crippen LogP contribution in [0.4, 0.5) is 4.39 Å². The maximum atomic E-state index is 13.5. The van der Waals surface area contributed by atoms with E-state index in [4.69, 9.17) is 5.11 Å². The summed E-state index contributed by atoms with van der Waals surface area (Å²) in [6.07, 6.45) is 1.26. The van der Waals surface area contributed by atoms with Gasteiger partial charge in [0.15, 0.2) is 0 Å². The van der Waals surface area contributed by atoms with Gasteiger partial charge in [-0.2, -0.15) is 0 Å². The van der Waals surface area contributed by atoms with E-state index in [2.05, 4.69) is 9.71 Å². The molecule has 0 aliphatic carbocycles. The summed E-state index contributed by atoms with van der Waals surface area (Å²) < 4.78 is 39.5. The lowest BCUT2D eigenvalue weighted by Crippen LogP contribution is -2.24. The summed E-state index contributed by atoms with van der Waals surface area (Å²) in [5.74, 6) is -2.01. The average molecular weight is 310 g/mol. The SMILES string of the molecule is O=C(O)c1ccnc(CNS(=O)(=O)c2ccccc2F)c1. The molecule has 1 aromatic heterocycles. The summed E-state index contributed by atoms with van der Waals surface area (Å²) >= 11 is 0. The molecule has 6 nitrogen and oxygen atoms in total. The Balaban J connectivity index is 2.18. The zero-order valence-electron chi connectivity index (χ0n) is 10.7. The molecule has 2 aromatic rings. The Labute approximate surface area is 120 Å². The first kappa shape index (κ1) is 15.1. The van der Waals surface area contributed by atoms with Gasteiger partial charge < -0.3 is 5.11 Å². The number of sulfonamides is 1. The van der Waals surface area contributed by atoms with Crippen LogP contribution in [0.3, 0.4) is 0 Å². The Morgan fingerprint density at radius 2 is 2.00 bits per heavy atom. The van der Waals surface area contributed by atoms with Crippen LogP contribution < -0.4 is 4.72 Å². The minimum atomic E-state index is -4.03. The Morgan fingerprint density at radius 1 is 1.29 bits per heavy atom. The molecule has 0 aliphatic rings. The van der Waals surface area contributed by atoms with E-state index in [1.165, 1.54) is 30.5 Å². The second-order valence-electron chi connectivity index (χ2n) is 4.10. The van der Waals surface area contributed by atoms with Crippen molar-refractivity contribution >= 4 is 16.0 Å². The first-order chi connectivity index (χ1) is 9.90. The summed E-state index contributed by atoms with van der Waals surface area (Å²) in [5, 5.41) is 8.84. The number of carboxylic acid groups (broad SMARTS) is 1. The molecule has 0 unspecified atom stereocenters. The number of carboxylic acids is 1. The summed E-state index contributed by atoms with van der Waals surface area (Å²) in [6, 6.07) is 7.49. The summed E-state index contributed by atoms with van der Waals surface area (Å²) in [5.41, 5.74) is 0.208.